The van der Waals surface area contributed by atoms with E-state index < -0.39 is 0 Å². The van der Waals surface area contributed by atoms with Gasteiger partial charge in [0.25, 0.3) is 5.91 Å². The predicted octanol–water partition coefficient (Wildman–Crippen LogP) is 3.44. The van der Waals surface area contributed by atoms with Gasteiger partial charge in [0.15, 0.2) is 0 Å². The number of rotatable bonds is 3. The molecule has 1 aromatic carbocycles. The molecular weight excluding hydrogens is 264 g/mol. The smallest absolute Gasteiger partial charge is 0.253 e. The van der Waals surface area contributed by atoms with Crippen LogP contribution < -0.4 is 5.32 Å². The molecule has 4 nitrogen and oxygen atoms in total. The standard InChI is InChI=1S/C17H24N2O2/c1-2-16(20)18-15-10-8-9-14(13-15)17(21)19-11-6-4-3-5-7-12-19/h8-10,13H,2-7,11-12H2,1H3,(H,18,20). The largest absolute Gasteiger partial charge is 0.339 e. The molecule has 0 aliphatic carbocycles. The third kappa shape index (κ3) is 4.59. The molecular formula is C17H24N2O2. The van der Waals surface area contributed by atoms with E-state index in [-0.39, 0.29) is 11.8 Å². The van der Waals surface area contributed by atoms with Crippen LogP contribution in [0.4, 0.5) is 5.69 Å². The summed E-state index contributed by atoms with van der Waals surface area (Å²) in [6, 6.07) is 7.23. The van der Waals surface area contributed by atoms with Gasteiger partial charge in [0.05, 0.1) is 0 Å². The first-order valence-corrected chi connectivity index (χ1v) is 7.90. The van der Waals surface area contributed by atoms with Gasteiger partial charge in [-0.3, -0.25) is 9.59 Å². The average molecular weight is 288 g/mol. The van der Waals surface area contributed by atoms with Gasteiger partial charge in [0.2, 0.25) is 5.91 Å². The Morgan fingerprint density at radius 3 is 2.43 bits per heavy atom. The molecule has 1 saturated heterocycles. The number of nitrogens with one attached hydrogen (secondary N) is 1. The van der Waals surface area contributed by atoms with E-state index >= 15 is 0 Å². The molecule has 0 spiro atoms. The molecule has 0 aromatic heterocycles. The molecule has 1 aliphatic heterocycles. The summed E-state index contributed by atoms with van der Waals surface area (Å²) in [5, 5.41) is 2.80. The monoisotopic (exact) mass is 288 g/mol. The van der Waals surface area contributed by atoms with Gasteiger partial charge in [-0.15, -0.1) is 0 Å². The topological polar surface area (TPSA) is 49.4 Å². The Balaban J connectivity index is 2.06. The van der Waals surface area contributed by atoms with Gasteiger partial charge in [-0.05, 0) is 31.0 Å². The van der Waals surface area contributed by atoms with Gasteiger partial charge in [-0.1, -0.05) is 32.3 Å². The summed E-state index contributed by atoms with van der Waals surface area (Å²) in [5.74, 6) is 0.0374. The maximum absolute atomic E-state index is 12.6. The SMILES string of the molecule is CCC(=O)Nc1cccc(C(=O)N2CCCCCCC2)c1. The number of nitrogens with zero attached hydrogens (tertiary/aromatic N) is 1. The van der Waals surface area contributed by atoms with Crippen LogP contribution in [0.5, 0.6) is 0 Å². The highest BCUT2D eigenvalue weighted by Crippen LogP contribution is 2.16. The maximum atomic E-state index is 12.6. The van der Waals surface area contributed by atoms with Crippen LogP contribution in [0.15, 0.2) is 24.3 Å². The van der Waals surface area contributed by atoms with Crippen molar-refractivity contribution in [1.29, 1.82) is 0 Å². The van der Waals surface area contributed by atoms with E-state index in [2.05, 4.69) is 5.32 Å². The van der Waals surface area contributed by atoms with Crippen LogP contribution in [0.2, 0.25) is 0 Å². The van der Waals surface area contributed by atoms with Crippen LogP contribution in [-0.4, -0.2) is 29.8 Å². The minimum Gasteiger partial charge on any atom is -0.339 e. The lowest BCUT2D eigenvalue weighted by Gasteiger charge is -2.25. The van der Waals surface area contributed by atoms with Gasteiger partial charge in [0.1, 0.15) is 0 Å². The first kappa shape index (κ1) is 15.5. The zero-order valence-electron chi connectivity index (χ0n) is 12.7. The summed E-state index contributed by atoms with van der Waals surface area (Å²) < 4.78 is 0. The molecule has 0 atom stereocenters. The van der Waals surface area contributed by atoms with Crippen molar-refractivity contribution in [3.05, 3.63) is 29.8 Å². The third-order valence-corrected chi connectivity index (χ3v) is 3.86. The summed E-state index contributed by atoms with van der Waals surface area (Å²) in [7, 11) is 0. The van der Waals surface area contributed by atoms with Crippen molar-refractivity contribution in [2.45, 2.75) is 45.4 Å². The summed E-state index contributed by atoms with van der Waals surface area (Å²) in [5.41, 5.74) is 1.35. The van der Waals surface area contributed by atoms with Crippen LogP contribution in [0.1, 0.15) is 55.8 Å². The van der Waals surface area contributed by atoms with Crippen LogP contribution in [0.25, 0.3) is 0 Å². The lowest BCUT2D eigenvalue weighted by molar-refractivity contribution is -0.115. The van der Waals surface area contributed by atoms with Crippen molar-refractivity contribution in [2.75, 3.05) is 18.4 Å². The number of hydrogen-bond acceptors (Lipinski definition) is 2. The van der Waals surface area contributed by atoms with Crippen molar-refractivity contribution in [3.63, 3.8) is 0 Å². The van der Waals surface area contributed by atoms with E-state index in [0.717, 1.165) is 25.9 Å². The molecule has 4 heteroatoms. The van der Waals surface area contributed by atoms with E-state index in [4.69, 9.17) is 0 Å². The van der Waals surface area contributed by atoms with Crippen LogP contribution in [0.3, 0.4) is 0 Å². The fourth-order valence-electron chi connectivity index (χ4n) is 2.61. The molecule has 0 radical (unpaired) electrons. The highest BCUT2D eigenvalue weighted by atomic mass is 16.2. The second-order valence-corrected chi connectivity index (χ2v) is 5.54. The first-order chi connectivity index (χ1) is 10.2. The van der Waals surface area contributed by atoms with Gasteiger partial charge in [-0.25, -0.2) is 0 Å². The number of amides is 2. The number of carbonyl (C=O) groups is 2. The van der Waals surface area contributed by atoms with E-state index in [0.29, 0.717) is 17.7 Å². The molecule has 1 N–H and O–H groups in total. The second-order valence-electron chi connectivity index (χ2n) is 5.54. The highest BCUT2D eigenvalue weighted by Gasteiger charge is 2.17. The fourth-order valence-corrected chi connectivity index (χ4v) is 2.61. The summed E-state index contributed by atoms with van der Waals surface area (Å²) in [4.78, 5) is 26.0. The van der Waals surface area contributed by atoms with Gasteiger partial charge < -0.3 is 10.2 Å². The van der Waals surface area contributed by atoms with Crippen LogP contribution >= 0.6 is 0 Å². The van der Waals surface area contributed by atoms with Crippen molar-refractivity contribution >= 4 is 17.5 Å². The Hall–Kier alpha value is -1.84. The zero-order valence-corrected chi connectivity index (χ0v) is 12.7. The number of carbonyl (C=O) groups excluding carboxylic acids is 2. The number of likely N-dealkylation sites (tertiary alicyclic amines) is 1. The van der Waals surface area contributed by atoms with Crippen molar-refractivity contribution < 1.29 is 9.59 Å². The Bertz CT molecular complexity index is 491. The Kier molecular flexibility index (Phi) is 5.78. The molecule has 2 amide bonds. The Labute approximate surface area is 126 Å². The average Bonchev–Trinajstić information content (AvgIpc) is 2.46. The molecule has 1 aromatic rings. The van der Waals surface area contributed by atoms with Crippen molar-refractivity contribution in [2.24, 2.45) is 0 Å². The highest BCUT2D eigenvalue weighted by molar-refractivity contribution is 5.97. The molecule has 1 heterocycles. The predicted molar refractivity (Wildman–Crippen MR) is 84.4 cm³/mol. The summed E-state index contributed by atoms with van der Waals surface area (Å²) in [6.45, 7) is 3.49. The lowest BCUT2D eigenvalue weighted by Crippen LogP contribution is -2.33. The van der Waals surface area contributed by atoms with E-state index in [1.165, 1.54) is 19.3 Å². The maximum Gasteiger partial charge on any atom is 0.253 e. The van der Waals surface area contributed by atoms with Gasteiger partial charge in [-0.2, -0.15) is 0 Å². The Morgan fingerprint density at radius 1 is 1.10 bits per heavy atom. The number of benzene rings is 1. The fraction of sp³-hybridized carbons (Fsp3) is 0.529. The normalized spacial score (nSPS) is 16.0. The minimum absolute atomic E-state index is 0.0362. The van der Waals surface area contributed by atoms with E-state index in [9.17, 15) is 9.59 Å². The first-order valence-electron chi connectivity index (χ1n) is 7.90. The number of hydrogen-bond donors (Lipinski definition) is 1. The summed E-state index contributed by atoms with van der Waals surface area (Å²) in [6.07, 6.45) is 6.29. The molecule has 2 rings (SSSR count). The van der Waals surface area contributed by atoms with E-state index in [1.54, 1.807) is 6.07 Å². The molecule has 0 bridgehead atoms. The minimum atomic E-state index is -0.0362. The molecule has 21 heavy (non-hydrogen) atoms. The van der Waals surface area contributed by atoms with Crippen LogP contribution in [0, 0.1) is 0 Å². The third-order valence-electron chi connectivity index (χ3n) is 3.86. The van der Waals surface area contributed by atoms with E-state index in [1.807, 2.05) is 30.0 Å². The van der Waals surface area contributed by atoms with Gasteiger partial charge in [0, 0.05) is 30.8 Å². The summed E-state index contributed by atoms with van der Waals surface area (Å²) >= 11 is 0. The molecule has 114 valence electrons. The Morgan fingerprint density at radius 2 is 1.76 bits per heavy atom. The van der Waals surface area contributed by atoms with Gasteiger partial charge >= 0.3 is 0 Å². The quantitative estimate of drug-likeness (QED) is 0.926. The molecule has 1 fully saturated rings. The number of anilines is 1. The molecule has 0 unspecified atom stereocenters. The zero-order chi connectivity index (χ0) is 15.1. The van der Waals surface area contributed by atoms with Crippen molar-refractivity contribution in [3.8, 4) is 0 Å². The second kappa shape index (κ2) is 7.81. The van der Waals surface area contributed by atoms with Crippen molar-refractivity contribution in [1.82, 2.24) is 4.90 Å². The molecule has 1 aliphatic rings. The van der Waals surface area contributed by atoms with Crippen LogP contribution in [-0.2, 0) is 4.79 Å². The lowest BCUT2D eigenvalue weighted by atomic mass is 10.1. The molecule has 0 saturated carbocycles.